The SMILES string of the molecule is Cc1cc(C=CC(=O)N2CCC(NC(=O)CCc3ccccc3)CC2)c(C)n1C1CCCCC1. The maximum atomic E-state index is 12.8. The predicted molar refractivity (Wildman–Crippen MR) is 138 cm³/mol. The van der Waals surface area contributed by atoms with Crippen LogP contribution in [-0.2, 0) is 16.0 Å². The van der Waals surface area contributed by atoms with Gasteiger partial charge in [-0.25, -0.2) is 0 Å². The van der Waals surface area contributed by atoms with Gasteiger partial charge in [-0.1, -0.05) is 49.6 Å². The molecule has 1 saturated heterocycles. The molecule has 5 nitrogen and oxygen atoms in total. The van der Waals surface area contributed by atoms with Crippen molar-refractivity contribution in [3.63, 3.8) is 0 Å². The van der Waals surface area contributed by atoms with E-state index in [4.69, 9.17) is 0 Å². The lowest BCUT2D eigenvalue weighted by atomic mass is 9.95. The number of benzene rings is 1. The normalized spacial score (nSPS) is 17.9. The Labute approximate surface area is 204 Å². The zero-order valence-corrected chi connectivity index (χ0v) is 20.8. The Kier molecular flexibility index (Phi) is 8.25. The lowest BCUT2D eigenvalue weighted by Crippen LogP contribution is -2.46. The lowest BCUT2D eigenvalue weighted by molar-refractivity contribution is -0.127. The first-order valence-corrected chi connectivity index (χ1v) is 13.0. The van der Waals surface area contributed by atoms with E-state index in [2.05, 4.69) is 41.9 Å². The summed E-state index contributed by atoms with van der Waals surface area (Å²) in [7, 11) is 0. The number of rotatable bonds is 7. The molecule has 1 N–H and O–H groups in total. The molecule has 1 aromatic heterocycles. The smallest absolute Gasteiger partial charge is 0.246 e. The zero-order valence-electron chi connectivity index (χ0n) is 20.8. The fraction of sp³-hybridized carbons (Fsp3) is 0.517. The second kappa shape index (κ2) is 11.5. The molecule has 1 aromatic carbocycles. The third-order valence-corrected chi connectivity index (χ3v) is 7.52. The molecule has 0 radical (unpaired) electrons. The number of hydrogen-bond acceptors (Lipinski definition) is 2. The minimum atomic E-state index is 0.0660. The van der Waals surface area contributed by atoms with Gasteiger partial charge in [0.1, 0.15) is 0 Å². The number of carbonyl (C=O) groups is 2. The number of carbonyl (C=O) groups excluding carboxylic acids is 2. The van der Waals surface area contributed by atoms with Crippen molar-refractivity contribution in [3.8, 4) is 0 Å². The first-order chi connectivity index (χ1) is 16.5. The number of aryl methyl sites for hydroxylation is 2. The molecule has 0 bridgehead atoms. The van der Waals surface area contributed by atoms with Crippen LogP contribution in [0.3, 0.4) is 0 Å². The number of piperidine rings is 1. The summed E-state index contributed by atoms with van der Waals surface area (Å²) in [6, 6.07) is 13.1. The highest BCUT2D eigenvalue weighted by atomic mass is 16.2. The lowest BCUT2D eigenvalue weighted by Gasteiger charge is -2.31. The molecule has 1 aliphatic heterocycles. The molecule has 1 aliphatic carbocycles. The summed E-state index contributed by atoms with van der Waals surface area (Å²) in [6.45, 7) is 5.74. The summed E-state index contributed by atoms with van der Waals surface area (Å²) in [5.74, 6) is 0.165. The van der Waals surface area contributed by atoms with E-state index < -0.39 is 0 Å². The Morgan fingerprint density at radius 2 is 1.71 bits per heavy atom. The van der Waals surface area contributed by atoms with Crippen LogP contribution in [0.15, 0.2) is 42.5 Å². The maximum absolute atomic E-state index is 12.8. The molecule has 4 rings (SSSR count). The topological polar surface area (TPSA) is 54.3 Å². The number of aromatic nitrogens is 1. The van der Waals surface area contributed by atoms with Crippen LogP contribution in [0.25, 0.3) is 6.08 Å². The van der Waals surface area contributed by atoms with Gasteiger partial charge in [0.15, 0.2) is 0 Å². The van der Waals surface area contributed by atoms with Crippen molar-refractivity contribution in [3.05, 3.63) is 65.0 Å². The van der Waals surface area contributed by atoms with Crippen LogP contribution < -0.4 is 5.32 Å². The van der Waals surface area contributed by atoms with Gasteiger partial charge in [-0.05, 0) is 69.2 Å². The minimum Gasteiger partial charge on any atom is -0.353 e. The molecule has 5 heteroatoms. The molecule has 0 spiro atoms. The van der Waals surface area contributed by atoms with Crippen molar-refractivity contribution in [2.75, 3.05) is 13.1 Å². The maximum Gasteiger partial charge on any atom is 0.246 e. The molecule has 2 aliphatic rings. The summed E-state index contributed by atoms with van der Waals surface area (Å²) in [5.41, 5.74) is 4.90. The number of likely N-dealkylation sites (tertiary alicyclic amines) is 1. The third-order valence-electron chi connectivity index (χ3n) is 7.52. The Hall–Kier alpha value is -2.82. The van der Waals surface area contributed by atoms with Crippen LogP contribution in [0.5, 0.6) is 0 Å². The summed E-state index contributed by atoms with van der Waals surface area (Å²) in [5, 5.41) is 3.16. The number of nitrogens with zero attached hydrogens (tertiary/aromatic N) is 2. The van der Waals surface area contributed by atoms with E-state index >= 15 is 0 Å². The van der Waals surface area contributed by atoms with Gasteiger partial charge < -0.3 is 14.8 Å². The summed E-state index contributed by atoms with van der Waals surface area (Å²) < 4.78 is 2.48. The molecular weight excluding hydrogens is 422 g/mol. The van der Waals surface area contributed by atoms with Crippen LogP contribution in [0.2, 0.25) is 0 Å². The van der Waals surface area contributed by atoms with Crippen molar-refractivity contribution in [2.45, 2.75) is 83.7 Å². The zero-order chi connectivity index (χ0) is 23.9. The van der Waals surface area contributed by atoms with Crippen LogP contribution >= 0.6 is 0 Å². The van der Waals surface area contributed by atoms with Gasteiger partial charge in [-0.3, -0.25) is 9.59 Å². The van der Waals surface area contributed by atoms with E-state index in [-0.39, 0.29) is 17.9 Å². The quantitative estimate of drug-likeness (QED) is 0.564. The van der Waals surface area contributed by atoms with Crippen LogP contribution in [-0.4, -0.2) is 40.4 Å². The van der Waals surface area contributed by atoms with Crippen molar-refractivity contribution in [1.29, 1.82) is 0 Å². The van der Waals surface area contributed by atoms with Gasteiger partial charge in [-0.2, -0.15) is 0 Å². The van der Waals surface area contributed by atoms with E-state index in [1.807, 2.05) is 29.2 Å². The third kappa shape index (κ3) is 6.19. The standard InChI is InChI=1S/C29H39N3O2/c1-22-21-25(23(2)32(22)27-11-7-4-8-12-27)14-16-29(34)31-19-17-26(18-20-31)30-28(33)15-13-24-9-5-3-6-10-24/h3,5-6,9-10,14,16,21,26-27H,4,7-8,11-13,15,17-20H2,1-2H3,(H,30,33). The Morgan fingerprint density at radius 3 is 2.41 bits per heavy atom. The molecule has 0 atom stereocenters. The minimum absolute atomic E-state index is 0.0660. The molecule has 1 saturated carbocycles. The number of amides is 2. The second-order valence-corrected chi connectivity index (χ2v) is 9.97. The predicted octanol–water partition coefficient (Wildman–Crippen LogP) is 5.36. The molecule has 34 heavy (non-hydrogen) atoms. The van der Waals surface area contributed by atoms with Gasteiger partial charge in [-0.15, -0.1) is 0 Å². The van der Waals surface area contributed by atoms with E-state index in [0.29, 0.717) is 25.6 Å². The van der Waals surface area contributed by atoms with Crippen LogP contribution in [0.4, 0.5) is 0 Å². The molecule has 2 heterocycles. The Bertz CT molecular complexity index is 994. The van der Waals surface area contributed by atoms with Crippen molar-refractivity contribution >= 4 is 17.9 Å². The molecule has 2 amide bonds. The van der Waals surface area contributed by atoms with Gasteiger partial charge in [0.25, 0.3) is 0 Å². The van der Waals surface area contributed by atoms with Gasteiger partial charge in [0.2, 0.25) is 11.8 Å². The van der Waals surface area contributed by atoms with Gasteiger partial charge >= 0.3 is 0 Å². The summed E-state index contributed by atoms with van der Waals surface area (Å²) >= 11 is 0. The number of hydrogen-bond donors (Lipinski definition) is 1. The first-order valence-electron chi connectivity index (χ1n) is 13.0. The second-order valence-electron chi connectivity index (χ2n) is 9.97. The van der Waals surface area contributed by atoms with E-state index in [0.717, 1.165) is 24.8 Å². The average Bonchev–Trinajstić information content (AvgIpc) is 3.15. The van der Waals surface area contributed by atoms with Crippen LogP contribution in [0, 0.1) is 13.8 Å². The largest absolute Gasteiger partial charge is 0.353 e. The van der Waals surface area contributed by atoms with E-state index in [1.54, 1.807) is 6.08 Å². The van der Waals surface area contributed by atoms with Crippen LogP contribution in [0.1, 0.15) is 79.9 Å². The molecule has 2 aromatic rings. The molecule has 2 fully saturated rings. The molecular formula is C29H39N3O2. The van der Waals surface area contributed by atoms with E-state index in [1.165, 1.54) is 49.1 Å². The van der Waals surface area contributed by atoms with E-state index in [9.17, 15) is 9.59 Å². The Morgan fingerprint density at radius 1 is 1.00 bits per heavy atom. The molecule has 0 unspecified atom stereocenters. The van der Waals surface area contributed by atoms with Crippen molar-refractivity contribution in [1.82, 2.24) is 14.8 Å². The first kappa shape index (κ1) is 24.3. The monoisotopic (exact) mass is 461 g/mol. The van der Waals surface area contributed by atoms with Gasteiger partial charge in [0, 0.05) is 49.1 Å². The Balaban J connectivity index is 1.24. The molecule has 182 valence electrons. The average molecular weight is 462 g/mol. The van der Waals surface area contributed by atoms with Gasteiger partial charge in [0.05, 0.1) is 0 Å². The highest BCUT2D eigenvalue weighted by Gasteiger charge is 2.23. The highest BCUT2D eigenvalue weighted by Crippen LogP contribution is 2.32. The fourth-order valence-corrected chi connectivity index (χ4v) is 5.59. The fourth-order valence-electron chi connectivity index (χ4n) is 5.59. The van der Waals surface area contributed by atoms with Crippen molar-refractivity contribution in [2.24, 2.45) is 0 Å². The highest BCUT2D eigenvalue weighted by molar-refractivity contribution is 5.92. The summed E-state index contributed by atoms with van der Waals surface area (Å²) in [6.07, 6.45) is 13.1. The van der Waals surface area contributed by atoms with Crippen molar-refractivity contribution < 1.29 is 9.59 Å². The summed E-state index contributed by atoms with van der Waals surface area (Å²) in [4.78, 5) is 27.0. The number of nitrogens with one attached hydrogen (secondary N) is 1.